The molecule has 42 heavy (non-hydrogen) atoms. The summed E-state index contributed by atoms with van der Waals surface area (Å²) >= 11 is 1.54. The van der Waals surface area contributed by atoms with Crippen molar-refractivity contribution in [2.24, 2.45) is 17.6 Å². The average molecular weight is 588 g/mol. The predicted molar refractivity (Wildman–Crippen MR) is 155 cm³/mol. The normalized spacial score (nSPS) is 32.8. The van der Waals surface area contributed by atoms with Gasteiger partial charge in [-0.05, 0) is 17.0 Å². The van der Waals surface area contributed by atoms with E-state index in [0.29, 0.717) is 5.57 Å². The molecule has 0 radical (unpaired) electrons. The van der Waals surface area contributed by atoms with Crippen LogP contribution in [0.15, 0.2) is 78.6 Å². The van der Waals surface area contributed by atoms with Gasteiger partial charge < -0.3 is 30.6 Å². The van der Waals surface area contributed by atoms with Gasteiger partial charge in [-0.3, -0.25) is 9.59 Å². The van der Waals surface area contributed by atoms with E-state index < -0.39 is 34.2 Å². The smallest absolute Gasteiger partial charge is 0.259 e. The molecule has 5 unspecified atom stereocenters. The highest BCUT2D eigenvalue weighted by molar-refractivity contribution is 8.01. The number of hydrogen-bond acceptors (Lipinski definition) is 8. The van der Waals surface area contributed by atoms with Gasteiger partial charge in [0.15, 0.2) is 6.10 Å². The van der Waals surface area contributed by atoms with Crippen LogP contribution in [-0.4, -0.2) is 73.4 Å². The molecule has 7 rings (SSSR count). The van der Waals surface area contributed by atoms with E-state index in [2.05, 4.69) is 39.7 Å². The molecule has 3 aromatic rings. The first-order chi connectivity index (χ1) is 20.3. The van der Waals surface area contributed by atoms with E-state index in [1.807, 2.05) is 36.4 Å². The molecule has 7 atom stereocenters. The lowest BCUT2D eigenvalue weighted by molar-refractivity contribution is -0.858. The number of β-lactam (4-membered cyclic amide) rings is 1. The second-order valence-electron chi connectivity index (χ2n) is 11.6. The Labute approximate surface area is 246 Å². The van der Waals surface area contributed by atoms with E-state index in [1.165, 1.54) is 7.11 Å². The van der Waals surface area contributed by atoms with Gasteiger partial charge in [0.1, 0.15) is 11.4 Å². The number of benzene rings is 2. The number of amides is 2. The zero-order chi connectivity index (χ0) is 29.2. The summed E-state index contributed by atoms with van der Waals surface area (Å²) in [5.74, 6) is -1.64. The monoisotopic (exact) mass is 587 g/mol. The van der Waals surface area contributed by atoms with Crippen LogP contribution in [0.25, 0.3) is 0 Å². The van der Waals surface area contributed by atoms with Crippen molar-refractivity contribution in [2.45, 2.75) is 46.9 Å². The van der Waals surface area contributed by atoms with Crippen LogP contribution >= 0.6 is 11.8 Å². The number of fused-ring (bicyclic) bond motifs is 1. The fraction of sp³-hybridized carbons (Fsp3) is 0.400. The Kier molecular flexibility index (Phi) is 6.51. The summed E-state index contributed by atoms with van der Waals surface area (Å²) < 4.78 is 5.55. The van der Waals surface area contributed by atoms with E-state index in [9.17, 15) is 20.0 Å². The number of nitrogens with two attached hydrogens (primary N) is 1. The third-order valence-electron chi connectivity index (χ3n) is 9.59. The number of carbonyl (C=O) groups excluding carboxylic acids is 2. The fourth-order valence-corrected chi connectivity index (χ4v) is 9.47. The van der Waals surface area contributed by atoms with Crippen molar-refractivity contribution in [3.8, 4) is 0 Å². The summed E-state index contributed by atoms with van der Waals surface area (Å²) in [5.41, 5.74) is 8.61. The minimum Gasteiger partial charge on any atom is -0.631 e. The third-order valence-corrected chi connectivity index (χ3v) is 11.2. The Balaban J connectivity index is 1.41. The van der Waals surface area contributed by atoms with Gasteiger partial charge in [-0.1, -0.05) is 60.7 Å². The van der Waals surface area contributed by atoms with Gasteiger partial charge in [0.2, 0.25) is 5.91 Å². The van der Waals surface area contributed by atoms with Crippen molar-refractivity contribution >= 4 is 23.6 Å². The molecule has 12 heteroatoms. The van der Waals surface area contributed by atoms with Crippen LogP contribution in [0.1, 0.15) is 35.6 Å². The van der Waals surface area contributed by atoms with Crippen LogP contribution in [0.4, 0.5) is 0 Å². The van der Waals surface area contributed by atoms with Crippen LogP contribution in [0.3, 0.4) is 0 Å². The second kappa shape index (κ2) is 10.0. The number of hydroxylamine groups is 4. The maximum atomic E-state index is 13.6. The Morgan fingerprint density at radius 1 is 1.14 bits per heavy atom. The maximum Gasteiger partial charge on any atom is 0.259 e. The molecular weight excluding hydrogens is 556 g/mol. The first-order valence-electron chi connectivity index (χ1n) is 14.1. The SMILES string of the molecule is CO[C@@H]1C(=O)N2C=C(C3CC(C(N)=O)CC[N+]3([O-])[O-])C(C3C(c4cn[nH]n4)C3(c3ccccc3)c3ccccc3)S[C@@H]12. The highest BCUT2D eigenvalue weighted by atomic mass is 32.2. The molecule has 0 spiro atoms. The molecule has 3 fully saturated rings. The first kappa shape index (κ1) is 27.3. The number of aromatic amines is 1. The molecule has 4 heterocycles. The largest absolute Gasteiger partial charge is 0.631 e. The minimum atomic E-state index is -1.77. The van der Waals surface area contributed by atoms with E-state index in [0.717, 1.165) is 16.8 Å². The lowest BCUT2D eigenvalue weighted by Crippen LogP contribution is -2.65. The Morgan fingerprint density at radius 2 is 1.81 bits per heavy atom. The van der Waals surface area contributed by atoms with Crippen molar-refractivity contribution in [1.29, 1.82) is 0 Å². The van der Waals surface area contributed by atoms with Gasteiger partial charge in [0.25, 0.3) is 5.91 Å². The molecule has 2 saturated heterocycles. The van der Waals surface area contributed by atoms with Crippen LogP contribution in [-0.2, 0) is 19.7 Å². The maximum absolute atomic E-state index is 13.6. The quantitative estimate of drug-likeness (QED) is 0.242. The highest BCUT2D eigenvalue weighted by Gasteiger charge is 2.72. The number of carbonyl (C=O) groups is 2. The van der Waals surface area contributed by atoms with Crippen molar-refractivity contribution < 1.29 is 19.1 Å². The van der Waals surface area contributed by atoms with Crippen LogP contribution < -0.4 is 5.73 Å². The summed E-state index contributed by atoms with van der Waals surface area (Å²) in [6.45, 7) is -0.273. The number of piperidine rings is 1. The van der Waals surface area contributed by atoms with E-state index in [-0.39, 0.29) is 47.8 Å². The Morgan fingerprint density at radius 3 is 2.38 bits per heavy atom. The number of methoxy groups -OCH3 is 1. The van der Waals surface area contributed by atoms with Gasteiger partial charge in [-0.15, -0.1) is 11.8 Å². The lowest BCUT2D eigenvalue weighted by Gasteiger charge is -2.59. The van der Waals surface area contributed by atoms with Crippen molar-refractivity contribution in [3.05, 3.63) is 106 Å². The molecule has 1 aliphatic carbocycles. The number of H-pyrrole nitrogens is 1. The van der Waals surface area contributed by atoms with Crippen molar-refractivity contribution in [1.82, 2.24) is 20.3 Å². The van der Waals surface area contributed by atoms with Gasteiger partial charge in [0, 0.05) is 54.2 Å². The number of nitrogens with zero attached hydrogens (tertiary/aromatic N) is 4. The van der Waals surface area contributed by atoms with E-state index in [4.69, 9.17) is 10.5 Å². The first-order valence-corrected chi connectivity index (χ1v) is 15.0. The molecule has 0 bridgehead atoms. The third kappa shape index (κ3) is 3.97. The van der Waals surface area contributed by atoms with Crippen LogP contribution in [0, 0.1) is 22.3 Å². The van der Waals surface area contributed by atoms with Gasteiger partial charge in [-0.25, -0.2) is 0 Å². The topological polar surface area (TPSA) is 160 Å². The van der Waals surface area contributed by atoms with Gasteiger partial charge in [0.05, 0.1) is 18.4 Å². The zero-order valence-electron chi connectivity index (χ0n) is 22.9. The Hall–Kier alpha value is -3.55. The summed E-state index contributed by atoms with van der Waals surface area (Å²) in [4.78, 5) is 25.0. The van der Waals surface area contributed by atoms with Crippen LogP contribution in [0.5, 0.6) is 0 Å². The molecule has 218 valence electrons. The number of nitrogens with one attached hydrogen (secondary N) is 1. The van der Waals surface area contributed by atoms with Gasteiger partial charge in [-0.2, -0.15) is 15.4 Å². The number of rotatable bonds is 7. The molecule has 2 aromatic carbocycles. The lowest BCUT2D eigenvalue weighted by atomic mass is 9.81. The molecule has 2 amide bonds. The zero-order valence-corrected chi connectivity index (χ0v) is 23.7. The number of aromatic nitrogens is 3. The number of primary amides is 1. The Bertz CT molecular complexity index is 1480. The standard InChI is InChI=1S/C30H31N6O5S/c1-41-25-28(38)35-16-20(22-14-17(27(31)37)12-13-36(22,39)40)26(42-29(25)35)24-23(21-15-32-34-33-21)30(24,18-8-4-2-5-9-18)19-10-6-3-7-11-19/h2-11,15-17,22-26,29H,12-14H2,1H3,(H2,31,37)(H,32,33,34)/q-1/t17?,22?,23?,24?,25-,26?,29+/m1/s1. The van der Waals surface area contributed by atoms with Crippen molar-refractivity contribution in [2.75, 3.05) is 13.7 Å². The number of quaternary nitrogens is 1. The van der Waals surface area contributed by atoms with Crippen molar-refractivity contribution in [3.63, 3.8) is 0 Å². The molecule has 1 saturated carbocycles. The molecule has 1 aromatic heterocycles. The number of thioether (sulfide) groups is 1. The predicted octanol–water partition coefficient (Wildman–Crippen LogP) is 2.76. The summed E-state index contributed by atoms with van der Waals surface area (Å²) in [6.07, 6.45) is 2.97. The molecule has 3 aliphatic heterocycles. The van der Waals surface area contributed by atoms with E-state index >= 15 is 0 Å². The van der Waals surface area contributed by atoms with E-state index in [1.54, 1.807) is 29.1 Å². The molecule has 4 aliphatic rings. The number of hydrogen-bond donors (Lipinski definition) is 2. The average Bonchev–Trinajstić information content (AvgIpc) is 3.38. The summed E-state index contributed by atoms with van der Waals surface area (Å²) in [6, 6.07) is 19.3. The highest BCUT2D eigenvalue weighted by Crippen LogP contribution is 2.73. The summed E-state index contributed by atoms with van der Waals surface area (Å²) in [7, 11) is 1.51. The fourth-order valence-electron chi connectivity index (χ4n) is 7.59. The molecular formula is C30H31N6O5S-. The second-order valence-corrected chi connectivity index (χ2v) is 12.8. The van der Waals surface area contributed by atoms with Gasteiger partial charge >= 0.3 is 0 Å². The molecule has 3 N–H and O–H groups in total. The minimum absolute atomic E-state index is 0.0383. The number of ether oxygens (including phenoxy) is 1. The van der Waals surface area contributed by atoms with Crippen LogP contribution in [0.2, 0.25) is 0 Å². The molecule has 11 nitrogen and oxygen atoms in total. The summed E-state index contributed by atoms with van der Waals surface area (Å²) in [5, 5.41) is 37.8.